The van der Waals surface area contributed by atoms with Crippen LogP contribution in [-0.2, 0) is 0 Å². The van der Waals surface area contributed by atoms with Gasteiger partial charge in [0.25, 0.3) is 0 Å². The van der Waals surface area contributed by atoms with Gasteiger partial charge in [-0.05, 0) is 9.76 Å². The van der Waals surface area contributed by atoms with Gasteiger partial charge in [0, 0.05) is 16.1 Å². The molecule has 0 amide bonds. The lowest BCUT2D eigenvalue weighted by molar-refractivity contribution is 1.87. The standard InChI is InChI=1S/C3H14Si3/c1-6(2,3)5-4/h5H2,1-4H3. The minimum atomic E-state index is -0.431. The van der Waals surface area contributed by atoms with Crippen LogP contribution in [0.3, 0.4) is 0 Å². The third-order valence-corrected chi connectivity index (χ3v) is 28.6. The summed E-state index contributed by atoms with van der Waals surface area (Å²) in [7, 11) is 1.65. The lowest BCUT2D eigenvalue weighted by Gasteiger charge is -2.08. The van der Waals surface area contributed by atoms with Gasteiger partial charge in [0.2, 0.25) is 0 Å². The predicted octanol–water partition coefficient (Wildman–Crippen LogP) is -0.730. The van der Waals surface area contributed by atoms with Crippen LogP contribution in [0.1, 0.15) is 0 Å². The molecule has 0 heterocycles. The molecule has 0 fully saturated rings. The zero-order valence-electron chi connectivity index (χ0n) is 5.21. The fourth-order valence-electron chi connectivity index (χ4n) is 0. The molecule has 0 aromatic rings. The maximum absolute atomic E-state index is 2.48. The molecule has 6 heavy (non-hydrogen) atoms. The Morgan fingerprint density at radius 1 is 1.33 bits per heavy atom. The topological polar surface area (TPSA) is 0 Å². The van der Waals surface area contributed by atoms with Crippen LogP contribution >= 0.6 is 0 Å². The normalized spacial score (nSPS) is 14.5. The maximum atomic E-state index is 2.48. The van der Waals surface area contributed by atoms with E-state index < -0.39 is 7.59 Å². The lowest BCUT2D eigenvalue weighted by atomic mass is 11.8. The van der Waals surface area contributed by atoms with Crippen LogP contribution < -0.4 is 0 Å². The third-order valence-electron chi connectivity index (χ3n) is 1.06. The average molecular weight is 134 g/mol. The van der Waals surface area contributed by atoms with E-state index in [4.69, 9.17) is 0 Å². The van der Waals surface area contributed by atoms with E-state index in [1.165, 1.54) is 0 Å². The molecule has 0 aliphatic heterocycles. The largest absolute Gasteiger partial charge is 0.0722 e. The fraction of sp³-hybridized carbons (Fsp3) is 1.00. The van der Waals surface area contributed by atoms with Crippen LogP contribution in [0.15, 0.2) is 0 Å². The molecule has 0 nitrogen and oxygen atoms in total. The van der Waals surface area contributed by atoms with Crippen molar-refractivity contribution in [1.29, 1.82) is 0 Å². The van der Waals surface area contributed by atoms with Gasteiger partial charge in [0.05, 0.1) is 0 Å². The summed E-state index contributed by atoms with van der Waals surface area (Å²) in [4.78, 5) is 0. The average Bonchev–Trinajstić information content (AvgIpc) is 1.35. The van der Waals surface area contributed by atoms with Crippen LogP contribution in [0, 0.1) is 0 Å². The van der Waals surface area contributed by atoms with Crippen molar-refractivity contribution in [3.63, 3.8) is 0 Å². The van der Waals surface area contributed by atoms with Crippen LogP contribution in [0.4, 0.5) is 0 Å². The first kappa shape index (κ1) is 6.65. The zero-order valence-corrected chi connectivity index (χ0v) is 9.62. The van der Waals surface area contributed by atoms with Crippen molar-refractivity contribution in [3.8, 4) is 0 Å². The molecular weight excluding hydrogens is 120 g/mol. The Morgan fingerprint density at radius 2 is 1.50 bits per heavy atom. The van der Waals surface area contributed by atoms with Gasteiger partial charge in [0.1, 0.15) is 0 Å². The molecule has 0 rings (SSSR count). The summed E-state index contributed by atoms with van der Waals surface area (Å²) in [6, 6.07) is 0. The molecule has 0 bridgehead atoms. The van der Waals surface area contributed by atoms with Gasteiger partial charge < -0.3 is 0 Å². The number of hydrogen-bond acceptors (Lipinski definition) is 0. The van der Waals surface area contributed by atoms with E-state index in [9.17, 15) is 0 Å². The van der Waals surface area contributed by atoms with Crippen LogP contribution in [0.2, 0.25) is 19.6 Å². The van der Waals surface area contributed by atoms with Gasteiger partial charge in [-0.15, -0.1) is 0 Å². The summed E-state index contributed by atoms with van der Waals surface area (Å²) in [6.07, 6.45) is 0. The van der Waals surface area contributed by atoms with Crippen molar-refractivity contribution in [2.24, 2.45) is 0 Å². The van der Waals surface area contributed by atoms with Crippen LogP contribution in [0.25, 0.3) is 0 Å². The van der Waals surface area contributed by atoms with Gasteiger partial charge in [-0.1, -0.05) is 19.6 Å². The minimum Gasteiger partial charge on any atom is -0.0722 e. The molecule has 0 radical (unpaired) electrons. The highest BCUT2D eigenvalue weighted by atomic mass is 29.5. The smallest absolute Gasteiger partial charge is 0.0276 e. The summed E-state index contributed by atoms with van der Waals surface area (Å²) in [6.45, 7) is 7.44. The molecule has 0 unspecified atom stereocenters. The second-order valence-electron chi connectivity index (χ2n) is 2.91. The first-order chi connectivity index (χ1) is 2.56. The van der Waals surface area contributed by atoms with Crippen molar-refractivity contribution in [1.82, 2.24) is 0 Å². The van der Waals surface area contributed by atoms with Crippen LogP contribution in [0.5, 0.6) is 0 Å². The molecule has 3 heteroatoms. The van der Waals surface area contributed by atoms with Gasteiger partial charge >= 0.3 is 0 Å². The number of hydrogen-bond donors (Lipinski definition) is 0. The van der Waals surface area contributed by atoms with E-state index in [1.54, 1.807) is 9.76 Å². The van der Waals surface area contributed by atoms with Gasteiger partial charge in [0.15, 0.2) is 0 Å². The predicted molar refractivity (Wildman–Crippen MR) is 41.8 cm³/mol. The Morgan fingerprint density at radius 3 is 1.50 bits per heavy atom. The molecule has 0 saturated heterocycles. The van der Waals surface area contributed by atoms with Crippen molar-refractivity contribution >= 4 is 25.9 Å². The van der Waals surface area contributed by atoms with Gasteiger partial charge in [-0.2, -0.15) is 0 Å². The van der Waals surface area contributed by atoms with E-state index in [-0.39, 0.29) is 0 Å². The molecule has 0 atom stereocenters. The summed E-state index contributed by atoms with van der Waals surface area (Å²) >= 11 is 0. The Balaban J connectivity index is 3.17. The molecule has 0 spiro atoms. The summed E-state index contributed by atoms with van der Waals surface area (Å²) in [5.74, 6) is 0. The zero-order chi connectivity index (χ0) is 5.21. The quantitative estimate of drug-likeness (QED) is 0.415. The first-order valence-electron chi connectivity index (χ1n) is 2.56. The summed E-state index contributed by atoms with van der Waals surface area (Å²) in [5, 5.41) is 0. The van der Waals surface area contributed by atoms with E-state index in [0.29, 0.717) is 8.55 Å². The Bertz CT molecular complexity index is 35.8. The highest BCUT2D eigenvalue weighted by molar-refractivity contribution is 7.38. The van der Waals surface area contributed by atoms with Crippen LogP contribution in [-0.4, -0.2) is 25.9 Å². The van der Waals surface area contributed by atoms with Crippen molar-refractivity contribution in [2.45, 2.75) is 19.6 Å². The SMILES string of the molecule is C[Si](C)(C)[SiH2][SiH3]. The van der Waals surface area contributed by atoms with E-state index >= 15 is 0 Å². The van der Waals surface area contributed by atoms with Crippen molar-refractivity contribution in [2.75, 3.05) is 0 Å². The summed E-state index contributed by atoms with van der Waals surface area (Å²) < 4.78 is 0. The molecule has 0 aliphatic rings. The third kappa shape index (κ3) is 4.65. The molecule has 0 N–H and O–H groups in total. The summed E-state index contributed by atoms with van der Waals surface area (Å²) in [5.41, 5.74) is 0. The van der Waals surface area contributed by atoms with E-state index in [0.717, 1.165) is 0 Å². The second kappa shape index (κ2) is 2.09. The van der Waals surface area contributed by atoms with Crippen molar-refractivity contribution in [3.05, 3.63) is 0 Å². The van der Waals surface area contributed by atoms with Crippen molar-refractivity contribution < 1.29 is 0 Å². The molecule has 0 saturated carbocycles. The van der Waals surface area contributed by atoms with E-state index in [1.807, 2.05) is 0 Å². The maximum Gasteiger partial charge on any atom is 0.0276 e. The van der Waals surface area contributed by atoms with E-state index in [2.05, 4.69) is 19.6 Å². The second-order valence-corrected chi connectivity index (χ2v) is 23.6. The molecular formula is C3H14Si3. The Hall–Kier alpha value is 0.651. The van der Waals surface area contributed by atoms with Gasteiger partial charge in [-0.3, -0.25) is 0 Å². The first-order valence-corrected chi connectivity index (χ1v) is 14.0. The highest BCUT2D eigenvalue weighted by Crippen LogP contribution is 1.92. The monoisotopic (exact) mass is 134 g/mol. The molecule has 0 aromatic carbocycles. The lowest BCUT2D eigenvalue weighted by Crippen LogP contribution is -2.29. The Labute approximate surface area is 46.2 Å². The van der Waals surface area contributed by atoms with Gasteiger partial charge in [-0.25, -0.2) is 0 Å². The molecule has 38 valence electrons. The highest BCUT2D eigenvalue weighted by Gasteiger charge is 2.07. The minimum absolute atomic E-state index is 0.431. The number of rotatable bonds is 1. The molecule has 0 aromatic heterocycles. The molecule has 0 aliphatic carbocycles. The fourth-order valence-corrected chi connectivity index (χ4v) is 0. The Kier molecular flexibility index (Phi) is 2.31.